The minimum absolute atomic E-state index is 0.242. The van der Waals surface area contributed by atoms with Crippen molar-refractivity contribution in [2.75, 3.05) is 12.3 Å². The number of nitrogen functional groups attached to an aromatic ring is 1. The van der Waals surface area contributed by atoms with Gasteiger partial charge in [-0.15, -0.1) is 5.54 Å². The van der Waals surface area contributed by atoms with Crippen molar-refractivity contribution in [3.05, 3.63) is 18.1 Å². The summed E-state index contributed by atoms with van der Waals surface area (Å²) in [5.74, 6) is 3.36. The zero-order valence-corrected chi connectivity index (χ0v) is 16.2. The van der Waals surface area contributed by atoms with Crippen LogP contribution in [0.1, 0.15) is 18.7 Å². The summed E-state index contributed by atoms with van der Waals surface area (Å²) < 4.78 is 22.2. The van der Waals surface area contributed by atoms with Crippen LogP contribution in [0.3, 0.4) is 0 Å². The maximum atomic E-state index is 15.2. The minimum Gasteiger partial charge on any atom is -0.394 e. The van der Waals surface area contributed by atoms with Gasteiger partial charge in [-0.2, -0.15) is 0 Å². The smallest absolute Gasteiger partial charge is 0.181 e. The molecule has 0 saturated carbocycles. The van der Waals surface area contributed by atoms with E-state index in [1.165, 1.54) is 17.8 Å². The predicted molar refractivity (Wildman–Crippen MR) is 98.7 cm³/mol. The number of aliphatic hydroxyl groups is 2. The first-order chi connectivity index (χ1) is 12.1. The van der Waals surface area contributed by atoms with Crippen LogP contribution in [0.15, 0.2) is 12.5 Å². The molecule has 2 aromatic rings. The van der Waals surface area contributed by atoms with Crippen molar-refractivity contribution < 1.29 is 19.3 Å². The van der Waals surface area contributed by atoms with E-state index in [1.807, 2.05) is 0 Å². The predicted octanol–water partition coefficient (Wildman–Crippen LogP) is 1.22. The number of hydrogen-bond donors (Lipinski definition) is 3. The number of hydrogen-bond acceptors (Lipinski definition) is 6. The number of ether oxygens (including phenoxy) is 1. The molecule has 1 fully saturated rings. The van der Waals surface area contributed by atoms with Gasteiger partial charge in [0.05, 0.1) is 17.6 Å². The van der Waals surface area contributed by atoms with Crippen molar-refractivity contribution in [1.82, 2.24) is 14.5 Å². The SMILES string of the molecule is C[C@@]1(F)[C@H](O)[C@@H](CO)O[C@H]1n1cc(C#C[Si](C)(C)C)c2c(N)ncnc21. The van der Waals surface area contributed by atoms with Gasteiger partial charge >= 0.3 is 0 Å². The van der Waals surface area contributed by atoms with Crippen LogP contribution in [-0.2, 0) is 4.74 Å². The highest BCUT2D eigenvalue weighted by Crippen LogP contribution is 2.43. The monoisotopic (exact) mass is 378 g/mol. The standard InChI is InChI=1S/C17H23FN4O3Si/c1-17(18)13(24)11(8-23)25-16(17)22-7-10(5-6-26(2,3)4)12-14(19)20-9-21-15(12)22/h7,9,11,13,16,23-24H,8H2,1-4H3,(H2,19,20,21)/t11-,13-,16-,17-/m1/s1. The number of anilines is 1. The van der Waals surface area contributed by atoms with Gasteiger partial charge in [0.25, 0.3) is 0 Å². The molecule has 0 bridgehead atoms. The molecule has 4 atom stereocenters. The third-order valence-electron chi connectivity index (χ3n) is 4.36. The Morgan fingerprint density at radius 1 is 1.42 bits per heavy atom. The number of alkyl halides is 1. The molecule has 1 saturated heterocycles. The second kappa shape index (κ2) is 6.31. The van der Waals surface area contributed by atoms with Gasteiger partial charge in [-0.05, 0) is 6.92 Å². The summed E-state index contributed by atoms with van der Waals surface area (Å²) in [4.78, 5) is 8.23. The zero-order chi connectivity index (χ0) is 19.3. The Labute approximate surface area is 152 Å². The molecule has 1 aliphatic rings. The molecule has 1 aliphatic heterocycles. The van der Waals surface area contributed by atoms with Crippen molar-refractivity contribution in [3.63, 3.8) is 0 Å². The van der Waals surface area contributed by atoms with E-state index in [-0.39, 0.29) is 5.82 Å². The summed E-state index contributed by atoms with van der Waals surface area (Å²) in [5.41, 5.74) is 8.10. The third-order valence-corrected chi connectivity index (χ3v) is 5.24. The van der Waals surface area contributed by atoms with Crippen LogP contribution in [-0.4, -0.2) is 57.3 Å². The molecule has 3 heterocycles. The normalized spacial score (nSPS) is 29.0. The maximum Gasteiger partial charge on any atom is 0.181 e. The number of nitrogens with zero attached hydrogens (tertiary/aromatic N) is 3. The Morgan fingerprint density at radius 2 is 2.12 bits per heavy atom. The summed E-state index contributed by atoms with van der Waals surface area (Å²) in [6.45, 7) is 7.08. The van der Waals surface area contributed by atoms with Gasteiger partial charge in [0.15, 0.2) is 11.9 Å². The highest BCUT2D eigenvalue weighted by molar-refractivity contribution is 6.83. The Hall–Kier alpha value is -1.99. The van der Waals surface area contributed by atoms with E-state index in [9.17, 15) is 10.2 Å². The van der Waals surface area contributed by atoms with Crippen LogP contribution in [0, 0.1) is 11.5 Å². The Balaban J connectivity index is 2.19. The molecule has 0 amide bonds. The molecule has 3 rings (SSSR count). The average Bonchev–Trinajstić information content (AvgIpc) is 3.02. The van der Waals surface area contributed by atoms with Crippen LogP contribution >= 0.6 is 0 Å². The summed E-state index contributed by atoms with van der Waals surface area (Å²) in [6, 6.07) is 0. The fourth-order valence-corrected chi connectivity index (χ4v) is 3.51. The van der Waals surface area contributed by atoms with Crippen molar-refractivity contribution in [2.24, 2.45) is 0 Å². The van der Waals surface area contributed by atoms with Gasteiger partial charge in [-0.25, -0.2) is 14.4 Å². The van der Waals surface area contributed by atoms with Gasteiger partial charge < -0.3 is 25.3 Å². The lowest BCUT2D eigenvalue weighted by Crippen LogP contribution is -2.40. The van der Waals surface area contributed by atoms with Gasteiger partial charge in [0, 0.05) is 6.20 Å². The average molecular weight is 378 g/mol. The van der Waals surface area contributed by atoms with E-state index >= 15 is 4.39 Å². The quantitative estimate of drug-likeness (QED) is 0.536. The molecule has 26 heavy (non-hydrogen) atoms. The number of fused-ring (bicyclic) bond motifs is 1. The highest BCUT2D eigenvalue weighted by atomic mass is 28.3. The molecule has 140 valence electrons. The lowest BCUT2D eigenvalue weighted by Gasteiger charge is -2.25. The fourth-order valence-electron chi connectivity index (χ4n) is 3.00. The van der Waals surface area contributed by atoms with E-state index in [0.29, 0.717) is 16.6 Å². The molecule has 0 unspecified atom stereocenters. The number of aromatic nitrogens is 3. The van der Waals surface area contributed by atoms with Gasteiger partial charge in [0.1, 0.15) is 38.1 Å². The summed E-state index contributed by atoms with van der Waals surface area (Å²) >= 11 is 0. The van der Waals surface area contributed by atoms with E-state index in [1.54, 1.807) is 6.20 Å². The lowest BCUT2D eigenvalue weighted by molar-refractivity contribution is -0.0564. The fraction of sp³-hybridized carbons (Fsp3) is 0.529. The van der Waals surface area contributed by atoms with E-state index < -0.39 is 38.8 Å². The van der Waals surface area contributed by atoms with Crippen molar-refractivity contribution in [2.45, 2.75) is 50.7 Å². The van der Waals surface area contributed by atoms with Crippen molar-refractivity contribution in [3.8, 4) is 11.5 Å². The van der Waals surface area contributed by atoms with Crippen LogP contribution in [0.25, 0.3) is 11.0 Å². The Kier molecular flexibility index (Phi) is 4.56. The summed E-state index contributed by atoms with van der Waals surface area (Å²) in [7, 11) is -1.65. The van der Waals surface area contributed by atoms with Crippen LogP contribution < -0.4 is 5.73 Å². The van der Waals surface area contributed by atoms with Crippen LogP contribution in [0.4, 0.5) is 10.2 Å². The Bertz CT molecular complexity index is 897. The molecule has 0 radical (unpaired) electrons. The molecule has 0 aromatic carbocycles. The molecule has 2 aromatic heterocycles. The first-order valence-electron chi connectivity index (χ1n) is 8.33. The summed E-state index contributed by atoms with van der Waals surface area (Å²) in [6.07, 6.45) is -0.755. The largest absolute Gasteiger partial charge is 0.394 e. The number of rotatable bonds is 2. The minimum atomic E-state index is -2.12. The molecule has 7 nitrogen and oxygen atoms in total. The zero-order valence-electron chi connectivity index (χ0n) is 15.2. The first-order valence-corrected chi connectivity index (χ1v) is 11.8. The molecule has 9 heteroatoms. The lowest BCUT2D eigenvalue weighted by atomic mass is 9.98. The van der Waals surface area contributed by atoms with Crippen LogP contribution in [0.2, 0.25) is 19.6 Å². The molecule has 4 N–H and O–H groups in total. The maximum absolute atomic E-state index is 15.2. The van der Waals surface area contributed by atoms with Gasteiger partial charge in [-0.3, -0.25) is 0 Å². The van der Waals surface area contributed by atoms with Crippen molar-refractivity contribution in [1.29, 1.82) is 0 Å². The Morgan fingerprint density at radius 3 is 2.69 bits per heavy atom. The third kappa shape index (κ3) is 3.10. The van der Waals surface area contributed by atoms with E-state index in [2.05, 4.69) is 41.1 Å². The topological polar surface area (TPSA) is 106 Å². The summed E-state index contributed by atoms with van der Waals surface area (Å²) in [5, 5.41) is 20.0. The second-order valence-electron chi connectivity index (χ2n) is 7.71. The van der Waals surface area contributed by atoms with E-state index in [0.717, 1.165) is 0 Å². The first kappa shape index (κ1) is 18.8. The molecular weight excluding hydrogens is 355 g/mol. The molecular formula is C17H23FN4O3Si. The van der Waals surface area contributed by atoms with Gasteiger partial charge in [-0.1, -0.05) is 25.6 Å². The number of halogens is 1. The van der Waals surface area contributed by atoms with E-state index in [4.69, 9.17) is 10.5 Å². The van der Waals surface area contributed by atoms with Crippen molar-refractivity contribution >= 4 is 24.9 Å². The van der Waals surface area contributed by atoms with Crippen LogP contribution in [0.5, 0.6) is 0 Å². The van der Waals surface area contributed by atoms with Gasteiger partial charge in [0.2, 0.25) is 0 Å². The second-order valence-corrected chi connectivity index (χ2v) is 12.5. The highest BCUT2D eigenvalue weighted by Gasteiger charge is 2.55. The molecule has 0 aliphatic carbocycles. The number of nitrogens with two attached hydrogens (primary N) is 1. The molecule has 0 spiro atoms. The number of aliphatic hydroxyl groups excluding tert-OH is 2.